The number of fused-ring (bicyclic) bond motifs is 1. The van der Waals surface area contributed by atoms with Crippen LogP contribution in [0.15, 0.2) is 0 Å². The average molecular weight is 142 g/mol. The monoisotopic (exact) mass is 142 g/mol. The van der Waals surface area contributed by atoms with Crippen molar-refractivity contribution in [2.24, 2.45) is 5.92 Å². The molecule has 0 aromatic rings. The first-order chi connectivity index (χ1) is 4.79. The Kier molecular flexibility index (Phi) is 1.42. The lowest BCUT2D eigenvalue weighted by Gasteiger charge is -2.16. The molecule has 0 aromatic heterocycles. The van der Waals surface area contributed by atoms with Gasteiger partial charge < -0.3 is 0 Å². The van der Waals surface area contributed by atoms with Crippen molar-refractivity contribution in [3.63, 3.8) is 0 Å². The fourth-order valence-corrected chi connectivity index (χ4v) is 1.83. The summed E-state index contributed by atoms with van der Waals surface area (Å²) >= 11 is 0. The van der Waals surface area contributed by atoms with Crippen LogP contribution in [0.4, 0.5) is 0 Å². The molecule has 58 valence electrons. The lowest BCUT2D eigenvalue weighted by Crippen LogP contribution is -2.44. The van der Waals surface area contributed by atoms with E-state index in [1.165, 1.54) is 0 Å². The highest BCUT2D eigenvalue weighted by Gasteiger charge is 2.40. The van der Waals surface area contributed by atoms with Crippen molar-refractivity contribution in [2.45, 2.75) is 19.1 Å². The summed E-state index contributed by atoms with van der Waals surface area (Å²) in [5.74, 6) is 0.713. The number of hydrogen-bond donors (Lipinski definition) is 3. The van der Waals surface area contributed by atoms with Crippen LogP contribution in [-0.4, -0.2) is 30.8 Å². The second kappa shape index (κ2) is 2.17. The van der Waals surface area contributed by atoms with Crippen molar-refractivity contribution in [3.05, 3.63) is 0 Å². The first kappa shape index (κ1) is 6.54. The van der Waals surface area contributed by atoms with E-state index in [2.05, 4.69) is 35.3 Å². The highest BCUT2D eigenvalue weighted by atomic mass is 15.6. The van der Waals surface area contributed by atoms with E-state index in [1.54, 1.807) is 0 Å². The van der Waals surface area contributed by atoms with Gasteiger partial charge in [0.1, 0.15) is 0 Å². The summed E-state index contributed by atoms with van der Waals surface area (Å²) in [6.45, 7) is 3.29. The molecule has 3 unspecified atom stereocenters. The van der Waals surface area contributed by atoms with Crippen molar-refractivity contribution in [1.29, 1.82) is 0 Å². The van der Waals surface area contributed by atoms with Gasteiger partial charge >= 0.3 is 0 Å². The van der Waals surface area contributed by atoms with Crippen LogP contribution >= 0.6 is 0 Å². The normalized spacial score (nSPS) is 48.0. The molecule has 0 bridgehead atoms. The summed E-state index contributed by atoms with van der Waals surface area (Å²) < 4.78 is 0. The first-order valence-corrected chi connectivity index (χ1v) is 3.76. The van der Waals surface area contributed by atoms with Gasteiger partial charge in [0, 0.05) is 25.6 Å². The van der Waals surface area contributed by atoms with E-state index < -0.39 is 0 Å². The van der Waals surface area contributed by atoms with Gasteiger partial charge in [-0.2, -0.15) is 0 Å². The van der Waals surface area contributed by atoms with Crippen LogP contribution in [0.3, 0.4) is 0 Å². The second-order valence-corrected chi connectivity index (χ2v) is 3.16. The topological polar surface area (TPSA) is 39.3 Å². The van der Waals surface area contributed by atoms with Crippen molar-refractivity contribution >= 4 is 0 Å². The maximum absolute atomic E-state index is 3.35. The standard InChI is InChI=1S/C6H14N4/c1-4-5-3-7-8-6(5)10(2)9-4/h4-9H,3H2,1-2H3. The summed E-state index contributed by atoms with van der Waals surface area (Å²) in [6, 6.07) is 0.595. The van der Waals surface area contributed by atoms with E-state index in [9.17, 15) is 0 Å². The van der Waals surface area contributed by atoms with Crippen LogP contribution in [0.5, 0.6) is 0 Å². The summed E-state index contributed by atoms with van der Waals surface area (Å²) in [5.41, 5.74) is 9.72. The lowest BCUT2D eigenvalue weighted by atomic mass is 10.0. The van der Waals surface area contributed by atoms with Gasteiger partial charge in [0.2, 0.25) is 0 Å². The zero-order chi connectivity index (χ0) is 7.14. The Labute approximate surface area is 60.9 Å². The third-order valence-electron chi connectivity index (χ3n) is 2.46. The molecule has 0 saturated carbocycles. The molecule has 4 nitrogen and oxygen atoms in total. The molecule has 2 aliphatic heterocycles. The molecule has 10 heavy (non-hydrogen) atoms. The third kappa shape index (κ3) is 0.769. The molecule has 2 saturated heterocycles. The first-order valence-electron chi connectivity index (χ1n) is 3.76. The predicted molar refractivity (Wildman–Crippen MR) is 38.8 cm³/mol. The maximum Gasteiger partial charge on any atom is 0.0913 e. The van der Waals surface area contributed by atoms with Gasteiger partial charge in [-0.1, -0.05) is 0 Å². The van der Waals surface area contributed by atoms with Crippen LogP contribution in [0, 0.1) is 5.92 Å². The Morgan fingerprint density at radius 3 is 3.00 bits per heavy atom. The van der Waals surface area contributed by atoms with E-state index >= 15 is 0 Å². The van der Waals surface area contributed by atoms with Crippen molar-refractivity contribution in [1.82, 2.24) is 21.3 Å². The molecular weight excluding hydrogens is 128 g/mol. The molecule has 2 heterocycles. The van der Waals surface area contributed by atoms with Gasteiger partial charge in [-0.15, -0.1) is 0 Å². The van der Waals surface area contributed by atoms with Crippen molar-refractivity contribution in [3.8, 4) is 0 Å². The molecule has 4 heteroatoms. The van der Waals surface area contributed by atoms with Crippen LogP contribution < -0.4 is 16.3 Å². The second-order valence-electron chi connectivity index (χ2n) is 3.16. The zero-order valence-electron chi connectivity index (χ0n) is 6.39. The predicted octanol–water partition coefficient (Wildman–Crippen LogP) is -1.12. The quantitative estimate of drug-likeness (QED) is 0.400. The molecule has 0 aromatic carbocycles. The molecule has 3 atom stereocenters. The number of hydrogen-bond acceptors (Lipinski definition) is 4. The van der Waals surface area contributed by atoms with Crippen LogP contribution in [-0.2, 0) is 0 Å². The molecule has 0 aliphatic carbocycles. The molecule has 2 fully saturated rings. The van der Waals surface area contributed by atoms with E-state index in [0.717, 1.165) is 6.54 Å². The van der Waals surface area contributed by atoms with Gasteiger partial charge in [-0.3, -0.25) is 10.9 Å². The summed E-state index contributed by atoms with van der Waals surface area (Å²) in [5, 5.41) is 2.13. The molecular formula is C6H14N4. The van der Waals surface area contributed by atoms with Crippen molar-refractivity contribution < 1.29 is 0 Å². The average Bonchev–Trinajstić information content (AvgIpc) is 2.39. The minimum absolute atomic E-state index is 0.481. The fourth-order valence-electron chi connectivity index (χ4n) is 1.83. The minimum Gasteiger partial charge on any atom is -0.256 e. The summed E-state index contributed by atoms with van der Waals surface area (Å²) in [6.07, 6.45) is 0.481. The van der Waals surface area contributed by atoms with Crippen molar-refractivity contribution in [2.75, 3.05) is 13.6 Å². The Morgan fingerprint density at radius 2 is 2.30 bits per heavy atom. The van der Waals surface area contributed by atoms with Gasteiger partial charge in [-0.05, 0) is 6.92 Å². The molecule has 2 rings (SSSR count). The molecule has 0 spiro atoms. The Hall–Kier alpha value is -0.160. The largest absolute Gasteiger partial charge is 0.256 e. The Bertz CT molecular complexity index is 124. The number of nitrogens with one attached hydrogen (secondary N) is 3. The third-order valence-corrected chi connectivity index (χ3v) is 2.46. The van der Waals surface area contributed by atoms with E-state index in [-0.39, 0.29) is 0 Å². The van der Waals surface area contributed by atoms with Crippen LogP contribution in [0.1, 0.15) is 6.92 Å². The van der Waals surface area contributed by atoms with E-state index in [1.807, 2.05) is 0 Å². The number of nitrogens with zero attached hydrogens (tertiary/aromatic N) is 1. The molecule has 0 radical (unpaired) electrons. The number of hydrazine groups is 2. The summed E-state index contributed by atoms with van der Waals surface area (Å²) in [7, 11) is 2.07. The summed E-state index contributed by atoms with van der Waals surface area (Å²) in [4.78, 5) is 0. The smallest absolute Gasteiger partial charge is 0.0913 e. The fraction of sp³-hybridized carbons (Fsp3) is 1.00. The van der Waals surface area contributed by atoms with Crippen LogP contribution in [0.25, 0.3) is 0 Å². The van der Waals surface area contributed by atoms with Gasteiger partial charge in [0.25, 0.3) is 0 Å². The lowest BCUT2D eigenvalue weighted by molar-refractivity contribution is 0.197. The van der Waals surface area contributed by atoms with E-state index in [4.69, 9.17) is 0 Å². The van der Waals surface area contributed by atoms with Gasteiger partial charge in [0.15, 0.2) is 0 Å². The Balaban J connectivity index is 2.11. The highest BCUT2D eigenvalue weighted by Crippen LogP contribution is 2.20. The SMILES string of the molecule is CC1NN(C)C2NNCC12. The highest BCUT2D eigenvalue weighted by molar-refractivity contribution is 4.91. The van der Waals surface area contributed by atoms with E-state index in [0.29, 0.717) is 18.1 Å². The van der Waals surface area contributed by atoms with Gasteiger partial charge in [-0.25, -0.2) is 10.4 Å². The maximum atomic E-state index is 3.35. The molecule has 3 N–H and O–H groups in total. The number of rotatable bonds is 0. The van der Waals surface area contributed by atoms with Gasteiger partial charge in [0.05, 0.1) is 6.17 Å². The molecule has 2 aliphatic rings. The van der Waals surface area contributed by atoms with Crippen LogP contribution in [0.2, 0.25) is 0 Å². The molecule has 0 amide bonds. The Morgan fingerprint density at radius 1 is 1.50 bits per heavy atom. The zero-order valence-corrected chi connectivity index (χ0v) is 6.39. The minimum atomic E-state index is 0.481.